The topological polar surface area (TPSA) is 78.5 Å². The molecule has 0 spiro atoms. The van der Waals surface area contributed by atoms with Gasteiger partial charge in [-0.05, 0) is 84.3 Å². The Morgan fingerprint density at radius 1 is 1.11 bits per heavy atom. The monoisotopic (exact) mass is 409 g/mol. The number of hydrogen-bond acceptors (Lipinski definition) is 4. The molecule has 2 N–H and O–H groups in total. The van der Waals surface area contributed by atoms with Crippen LogP contribution in [0.4, 0.5) is 0 Å². The maximum absolute atomic E-state index is 12.6. The summed E-state index contributed by atoms with van der Waals surface area (Å²) in [5.41, 5.74) is 0.589. The quantitative estimate of drug-likeness (QED) is 0.679. The zero-order valence-electron chi connectivity index (χ0n) is 17.7. The number of benzene rings is 1. The summed E-state index contributed by atoms with van der Waals surface area (Å²) in [6.07, 6.45) is 6.05. The van der Waals surface area contributed by atoms with Crippen LogP contribution >= 0.6 is 0 Å². The zero-order chi connectivity index (χ0) is 20.8. The van der Waals surface area contributed by atoms with E-state index in [1.54, 1.807) is 32.9 Å². The summed E-state index contributed by atoms with van der Waals surface area (Å²) in [6.45, 7) is 11.1. The van der Waals surface area contributed by atoms with Crippen LogP contribution < -0.4 is 10.0 Å². The van der Waals surface area contributed by atoms with E-state index in [1.165, 1.54) is 31.7 Å². The van der Waals surface area contributed by atoms with Crippen molar-refractivity contribution in [1.82, 2.24) is 14.9 Å². The third kappa shape index (κ3) is 7.18. The smallest absolute Gasteiger partial charge is 0.251 e. The van der Waals surface area contributed by atoms with E-state index in [4.69, 9.17) is 0 Å². The summed E-state index contributed by atoms with van der Waals surface area (Å²) >= 11 is 0. The number of carbonyl (C=O) groups is 1. The molecule has 1 fully saturated rings. The van der Waals surface area contributed by atoms with Crippen LogP contribution in [0.15, 0.2) is 23.1 Å². The highest BCUT2D eigenvalue weighted by molar-refractivity contribution is 7.89. The number of carbonyl (C=O) groups excluding carboxylic acids is 1. The molecule has 1 aliphatic rings. The van der Waals surface area contributed by atoms with Gasteiger partial charge in [-0.15, -0.1) is 0 Å². The summed E-state index contributed by atoms with van der Waals surface area (Å²) in [5, 5.41) is 2.94. The summed E-state index contributed by atoms with van der Waals surface area (Å²) in [6, 6.07) is 4.69. The minimum atomic E-state index is -3.67. The number of nitrogens with zero attached hydrogens (tertiary/aromatic N) is 1. The number of nitrogens with one attached hydrogen (secondary N) is 2. The molecule has 1 aromatic carbocycles. The maximum atomic E-state index is 12.6. The molecule has 0 saturated carbocycles. The van der Waals surface area contributed by atoms with Gasteiger partial charge in [0.15, 0.2) is 0 Å². The van der Waals surface area contributed by atoms with Crippen LogP contribution in [0.3, 0.4) is 0 Å². The number of amides is 1. The highest BCUT2D eigenvalue weighted by Gasteiger charge is 2.23. The van der Waals surface area contributed by atoms with E-state index in [0.717, 1.165) is 31.6 Å². The minimum Gasteiger partial charge on any atom is -0.352 e. The van der Waals surface area contributed by atoms with Crippen molar-refractivity contribution in [3.05, 3.63) is 29.3 Å². The highest BCUT2D eigenvalue weighted by atomic mass is 32.2. The molecule has 0 unspecified atom stereocenters. The van der Waals surface area contributed by atoms with Crippen LogP contribution in [0.5, 0.6) is 0 Å². The van der Waals surface area contributed by atoms with Crippen molar-refractivity contribution in [2.24, 2.45) is 0 Å². The molecule has 0 aromatic heterocycles. The van der Waals surface area contributed by atoms with E-state index in [2.05, 4.69) is 14.9 Å². The second kappa shape index (κ2) is 9.85. The van der Waals surface area contributed by atoms with Crippen LogP contribution in [0.25, 0.3) is 0 Å². The molecule has 0 bridgehead atoms. The van der Waals surface area contributed by atoms with E-state index in [-0.39, 0.29) is 10.8 Å². The van der Waals surface area contributed by atoms with Gasteiger partial charge in [0.05, 0.1) is 4.90 Å². The largest absolute Gasteiger partial charge is 0.352 e. The Hall–Kier alpha value is -1.44. The van der Waals surface area contributed by atoms with Gasteiger partial charge in [0.2, 0.25) is 10.0 Å². The van der Waals surface area contributed by atoms with Gasteiger partial charge >= 0.3 is 0 Å². The predicted molar refractivity (Wildman–Crippen MR) is 113 cm³/mol. The van der Waals surface area contributed by atoms with E-state index in [9.17, 15) is 13.2 Å². The Kier molecular flexibility index (Phi) is 8.04. The van der Waals surface area contributed by atoms with Crippen molar-refractivity contribution in [2.75, 3.05) is 26.2 Å². The fourth-order valence-electron chi connectivity index (χ4n) is 3.43. The summed E-state index contributed by atoms with van der Waals surface area (Å²) in [5.74, 6) is -0.221. The first kappa shape index (κ1) is 22.8. The SMILES string of the molecule is Cc1ccc(S(=O)(=O)NC(C)(C)C)cc1C(=O)NCCCN1CCCCCC1. The molecular weight excluding hydrogens is 374 g/mol. The van der Waals surface area contributed by atoms with Crippen molar-refractivity contribution in [2.45, 2.75) is 70.2 Å². The third-order valence-electron chi connectivity index (χ3n) is 4.84. The van der Waals surface area contributed by atoms with Gasteiger partial charge < -0.3 is 10.2 Å². The molecule has 1 saturated heterocycles. The average Bonchev–Trinajstić information content (AvgIpc) is 2.85. The molecule has 1 aliphatic heterocycles. The lowest BCUT2D eigenvalue weighted by Gasteiger charge is -2.21. The Labute approximate surface area is 170 Å². The Morgan fingerprint density at radius 3 is 2.36 bits per heavy atom. The maximum Gasteiger partial charge on any atom is 0.251 e. The van der Waals surface area contributed by atoms with E-state index in [0.29, 0.717) is 12.1 Å². The first-order chi connectivity index (χ1) is 13.1. The standard InChI is InChI=1S/C21H35N3O3S/c1-17-10-11-18(28(26,27)23-21(2,3)4)16-19(17)20(25)22-12-9-15-24-13-7-5-6-8-14-24/h10-11,16,23H,5-9,12-15H2,1-4H3,(H,22,25). The highest BCUT2D eigenvalue weighted by Crippen LogP contribution is 2.18. The number of hydrogen-bond donors (Lipinski definition) is 2. The van der Waals surface area contributed by atoms with Gasteiger partial charge in [-0.25, -0.2) is 13.1 Å². The fraction of sp³-hybridized carbons (Fsp3) is 0.667. The van der Waals surface area contributed by atoms with Gasteiger partial charge in [0.25, 0.3) is 5.91 Å². The molecule has 7 heteroatoms. The van der Waals surface area contributed by atoms with Gasteiger partial charge in [-0.2, -0.15) is 0 Å². The summed E-state index contributed by atoms with van der Waals surface area (Å²) in [7, 11) is -3.67. The Bertz CT molecular complexity index is 762. The molecule has 0 aliphatic carbocycles. The molecule has 28 heavy (non-hydrogen) atoms. The normalized spacial score (nSPS) is 16.6. The van der Waals surface area contributed by atoms with Gasteiger partial charge in [0.1, 0.15) is 0 Å². The van der Waals surface area contributed by atoms with Gasteiger partial charge in [-0.1, -0.05) is 18.9 Å². The molecule has 1 amide bonds. The molecule has 1 aromatic rings. The van der Waals surface area contributed by atoms with E-state index >= 15 is 0 Å². The lowest BCUT2D eigenvalue weighted by molar-refractivity contribution is 0.0951. The number of aryl methyl sites for hydroxylation is 1. The number of likely N-dealkylation sites (tertiary alicyclic amines) is 1. The molecule has 0 atom stereocenters. The molecule has 1 heterocycles. The second-order valence-electron chi connectivity index (χ2n) is 8.70. The van der Waals surface area contributed by atoms with Crippen LogP contribution in [-0.2, 0) is 10.0 Å². The van der Waals surface area contributed by atoms with Crippen molar-refractivity contribution in [3.63, 3.8) is 0 Å². The zero-order valence-corrected chi connectivity index (χ0v) is 18.5. The van der Waals surface area contributed by atoms with Gasteiger partial charge in [-0.3, -0.25) is 4.79 Å². The second-order valence-corrected chi connectivity index (χ2v) is 10.4. The lowest BCUT2D eigenvalue weighted by Crippen LogP contribution is -2.40. The third-order valence-corrected chi connectivity index (χ3v) is 6.60. The predicted octanol–water partition coefficient (Wildman–Crippen LogP) is 3.07. The fourth-order valence-corrected chi connectivity index (χ4v) is 4.88. The van der Waals surface area contributed by atoms with Crippen molar-refractivity contribution >= 4 is 15.9 Å². The number of sulfonamides is 1. The Balaban J connectivity index is 1.95. The molecular formula is C21H35N3O3S. The molecule has 6 nitrogen and oxygen atoms in total. The van der Waals surface area contributed by atoms with Crippen molar-refractivity contribution in [1.29, 1.82) is 0 Å². The van der Waals surface area contributed by atoms with E-state index in [1.807, 2.05) is 6.92 Å². The molecule has 2 rings (SSSR count). The van der Waals surface area contributed by atoms with Gasteiger partial charge in [0, 0.05) is 17.6 Å². The minimum absolute atomic E-state index is 0.114. The molecule has 158 valence electrons. The van der Waals surface area contributed by atoms with Crippen molar-refractivity contribution < 1.29 is 13.2 Å². The first-order valence-corrected chi connectivity index (χ1v) is 11.7. The molecule has 0 radical (unpaired) electrons. The van der Waals surface area contributed by atoms with E-state index < -0.39 is 15.6 Å². The first-order valence-electron chi connectivity index (χ1n) is 10.2. The van der Waals surface area contributed by atoms with Crippen LogP contribution in [0, 0.1) is 6.92 Å². The number of rotatable bonds is 7. The van der Waals surface area contributed by atoms with Crippen LogP contribution in [0.1, 0.15) is 68.8 Å². The Morgan fingerprint density at radius 2 is 1.75 bits per heavy atom. The van der Waals surface area contributed by atoms with Crippen LogP contribution in [0.2, 0.25) is 0 Å². The average molecular weight is 410 g/mol. The summed E-state index contributed by atoms with van der Waals surface area (Å²) < 4.78 is 27.7. The summed E-state index contributed by atoms with van der Waals surface area (Å²) in [4.78, 5) is 15.2. The van der Waals surface area contributed by atoms with Crippen LogP contribution in [-0.4, -0.2) is 50.9 Å². The van der Waals surface area contributed by atoms with Crippen molar-refractivity contribution in [3.8, 4) is 0 Å². The lowest BCUT2D eigenvalue weighted by atomic mass is 10.1.